The summed E-state index contributed by atoms with van der Waals surface area (Å²) in [5, 5.41) is 1.52. The molecule has 20 heavy (non-hydrogen) atoms. The van der Waals surface area contributed by atoms with Gasteiger partial charge in [-0.15, -0.1) is 0 Å². The van der Waals surface area contributed by atoms with E-state index in [2.05, 4.69) is 16.8 Å². The SMILES string of the molecule is CCN1CCCCc2nc(-c3c(F)cccc3F)sc21. The van der Waals surface area contributed by atoms with Crippen LogP contribution in [0.5, 0.6) is 0 Å². The number of halogens is 2. The van der Waals surface area contributed by atoms with Crippen LogP contribution in [0.15, 0.2) is 18.2 Å². The zero-order chi connectivity index (χ0) is 14.1. The molecule has 106 valence electrons. The topological polar surface area (TPSA) is 16.1 Å². The first-order chi connectivity index (χ1) is 9.70. The molecule has 0 N–H and O–H groups in total. The molecule has 1 aliphatic heterocycles. The number of aromatic nitrogens is 1. The van der Waals surface area contributed by atoms with Crippen molar-refractivity contribution < 1.29 is 8.78 Å². The summed E-state index contributed by atoms with van der Waals surface area (Å²) in [5.74, 6) is -1.09. The highest BCUT2D eigenvalue weighted by molar-refractivity contribution is 7.19. The maximum Gasteiger partial charge on any atom is 0.136 e. The molecule has 1 aromatic carbocycles. The van der Waals surface area contributed by atoms with Crippen molar-refractivity contribution in [2.45, 2.75) is 26.2 Å². The summed E-state index contributed by atoms with van der Waals surface area (Å²) >= 11 is 1.40. The van der Waals surface area contributed by atoms with E-state index in [9.17, 15) is 8.78 Å². The predicted molar refractivity (Wildman–Crippen MR) is 78.3 cm³/mol. The molecule has 1 aromatic heterocycles. The van der Waals surface area contributed by atoms with Crippen molar-refractivity contribution in [3.63, 3.8) is 0 Å². The van der Waals surface area contributed by atoms with Gasteiger partial charge in [-0.3, -0.25) is 0 Å². The van der Waals surface area contributed by atoms with Gasteiger partial charge < -0.3 is 4.90 Å². The normalized spacial score (nSPS) is 15.1. The third kappa shape index (κ3) is 2.30. The lowest BCUT2D eigenvalue weighted by atomic mass is 10.2. The molecule has 0 saturated heterocycles. The minimum atomic E-state index is -0.544. The molecule has 0 unspecified atom stereocenters. The number of hydrogen-bond acceptors (Lipinski definition) is 3. The molecule has 0 atom stereocenters. The van der Waals surface area contributed by atoms with Crippen LogP contribution in [-0.2, 0) is 6.42 Å². The predicted octanol–water partition coefficient (Wildman–Crippen LogP) is 4.25. The van der Waals surface area contributed by atoms with Crippen molar-refractivity contribution in [1.82, 2.24) is 4.98 Å². The van der Waals surface area contributed by atoms with Gasteiger partial charge in [0.15, 0.2) is 0 Å². The summed E-state index contributed by atoms with van der Waals surface area (Å²) < 4.78 is 27.7. The van der Waals surface area contributed by atoms with Crippen LogP contribution in [0.2, 0.25) is 0 Å². The van der Waals surface area contributed by atoms with Crippen molar-refractivity contribution in [2.24, 2.45) is 0 Å². The lowest BCUT2D eigenvalue weighted by molar-refractivity contribution is 0.589. The summed E-state index contributed by atoms with van der Waals surface area (Å²) in [6.45, 7) is 3.98. The van der Waals surface area contributed by atoms with Gasteiger partial charge in [0.05, 0.1) is 11.3 Å². The number of nitrogens with zero attached hydrogens (tertiary/aromatic N) is 2. The average molecular weight is 294 g/mol. The fourth-order valence-electron chi connectivity index (χ4n) is 2.56. The van der Waals surface area contributed by atoms with Gasteiger partial charge in [0.25, 0.3) is 0 Å². The Morgan fingerprint density at radius 1 is 1.25 bits per heavy atom. The Morgan fingerprint density at radius 3 is 2.70 bits per heavy atom. The number of thiazole rings is 1. The Morgan fingerprint density at radius 2 is 2.00 bits per heavy atom. The van der Waals surface area contributed by atoms with Crippen LogP contribution < -0.4 is 4.90 Å². The summed E-state index contributed by atoms with van der Waals surface area (Å²) in [6.07, 6.45) is 3.10. The Hall–Kier alpha value is -1.49. The fraction of sp³-hybridized carbons (Fsp3) is 0.400. The van der Waals surface area contributed by atoms with Gasteiger partial charge in [-0.1, -0.05) is 17.4 Å². The third-order valence-electron chi connectivity index (χ3n) is 3.61. The van der Waals surface area contributed by atoms with E-state index >= 15 is 0 Å². The second-order valence-corrected chi connectivity index (χ2v) is 5.88. The number of anilines is 1. The summed E-state index contributed by atoms with van der Waals surface area (Å²) in [7, 11) is 0. The second kappa shape index (κ2) is 5.48. The Bertz CT molecular complexity index is 604. The molecule has 0 radical (unpaired) electrons. The van der Waals surface area contributed by atoms with Crippen LogP contribution in [0.4, 0.5) is 13.8 Å². The smallest absolute Gasteiger partial charge is 0.136 e. The van der Waals surface area contributed by atoms with Crippen LogP contribution in [0, 0.1) is 11.6 Å². The number of hydrogen-bond donors (Lipinski definition) is 0. The molecule has 0 amide bonds. The van der Waals surface area contributed by atoms with Gasteiger partial charge in [-0.25, -0.2) is 13.8 Å². The van der Waals surface area contributed by atoms with E-state index < -0.39 is 11.6 Å². The Labute approximate surface area is 121 Å². The maximum atomic E-state index is 13.9. The van der Waals surface area contributed by atoms with Crippen molar-refractivity contribution in [2.75, 3.05) is 18.0 Å². The van der Waals surface area contributed by atoms with Gasteiger partial charge in [-0.2, -0.15) is 0 Å². The van der Waals surface area contributed by atoms with E-state index in [0.717, 1.165) is 43.0 Å². The van der Waals surface area contributed by atoms with E-state index in [1.165, 1.54) is 29.5 Å². The molecule has 3 rings (SSSR count). The Kier molecular flexibility index (Phi) is 3.70. The maximum absolute atomic E-state index is 13.9. The van der Waals surface area contributed by atoms with Gasteiger partial charge in [-0.05, 0) is 38.3 Å². The molecule has 5 heteroatoms. The molecule has 2 nitrogen and oxygen atoms in total. The largest absolute Gasteiger partial charge is 0.362 e. The lowest BCUT2D eigenvalue weighted by Crippen LogP contribution is -2.22. The van der Waals surface area contributed by atoms with Crippen molar-refractivity contribution in [3.05, 3.63) is 35.5 Å². The van der Waals surface area contributed by atoms with Gasteiger partial charge in [0, 0.05) is 13.1 Å². The highest BCUT2D eigenvalue weighted by Gasteiger charge is 2.22. The number of fused-ring (bicyclic) bond motifs is 1. The first-order valence-electron chi connectivity index (χ1n) is 6.89. The molecule has 0 aliphatic carbocycles. The lowest BCUT2D eigenvalue weighted by Gasteiger charge is -2.19. The third-order valence-corrected chi connectivity index (χ3v) is 4.79. The van der Waals surface area contributed by atoms with Gasteiger partial charge >= 0.3 is 0 Å². The zero-order valence-corrected chi connectivity index (χ0v) is 12.1. The van der Waals surface area contributed by atoms with E-state index in [1.807, 2.05) is 0 Å². The van der Waals surface area contributed by atoms with Crippen molar-refractivity contribution in [3.8, 4) is 10.6 Å². The molecule has 0 fully saturated rings. The number of aryl methyl sites for hydroxylation is 1. The highest BCUT2D eigenvalue weighted by Crippen LogP contribution is 2.38. The minimum absolute atomic E-state index is 0.00151. The molecule has 0 bridgehead atoms. The molecule has 2 aromatic rings. The fourth-order valence-corrected chi connectivity index (χ4v) is 3.81. The summed E-state index contributed by atoms with van der Waals surface area (Å²) in [6, 6.07) is 3.94. The summed E-state index contributed by atoms with van der Waals surface area (Å²) in [5.41, 5.74) is 0.980. The van der Waals surface area contributed by atoms with Crippen LogP contribution >= 0.6 is 11.3 Å². The quantitative estimate of drug-likeness (QED) is 0.823. The molecule has 2 heterocycles. The van der Waals surface area contributed by atoms with E-state index in [4.69, 9.17) is 0 Å². The van der Waals surface area contributed by atoms with Crippen LogP contribution in [0.3, 0.4) is 0 Å². The highest BCUT2D eigenvalue weighted by atomic mass is 32.1. The Balaban J connectivity index is 2.09. The molecule has 0 spiro atoms. The number of benzene rings is 1. The summed E-state index contributed by atoms with van der Waals surface area (Å²) in [4.78, 5) is 6.75. The van der Waals surface area contributed by atoms with Gasteiger partial charge in [0.1, 0.15) is 21.6 Å². The van der Waals surface area contributed by atoms with Gasteiger partial charge in [0.2, 0.25) is 0 Å². The van der Waals surface area contributed by atoms with Crippen LogP contribution in [0.25, 0.3) is 10.6 Å². The molecular weight excluding hydrogens is 278 g/mol. The van der Waals surface area contributed by atoms with Crippen molar-refractivity contribution in [1.29, 1.82) is 0 Å². The van der Waals surface area contributed by atoms with Crippen LogP contribution in [-0.4, -0.2) is 18.1 Å². The monoisotopic (exact) mass is 294 g/mol. The van der Waals surface area contributed by atoms with E-state index in [-0.39, 0.29) is 5.56 Å². The standard InChI is InChI=1S/C15H16F2N2S/c1-2-19-9-4-3-8-12-15(19)20-14(18-12)13-10(16)6-5-7-11(13)17/h5-7H,2-4,8-9H2,1H3. The van der Waals surface area contributed by atoms with E-state index in [0.29, 0.717) is 5.01 Å². The molecule has 1 aliphatic rings. The van der Waals surface area contributed by atoms with E-state index in [1.54, 1.807) is 0 Å². The van der Waals surface area contributed by atoms with Crippen molar-refractivity contribution >= 4 is 16.3 Å². The first-order valence-corrected chi connectivity index (χ1v) is 7.71. The number of rotatable bonds is 2. The minimum Gasteiger partial charge on any atom is -0.362 e. The molecule has 0 saturated carbocycles. The first kappa shape index (κ1) is 13.5. The molecular formula is C15H16F2N2S. The van der Waals surface area contributed by atoms with Crippen LogP contribution in [0.1, 0.15) is 25.5 Å². The average Bonchev–Trinajstić information content (AvgIpc) is 2.73. The zero-order valence-electron chi connectivity index (χ0n) is 11.3. The second-order valence-electron chi connectivity index (χ2n) is 4.90.